The van der Waals surface area contributed by atoms with E-state index in [1.54, 1.807) is 24.3 Å². The number of fused-ring (bicyclic) bond motifs is 1. The largest absolute Gasteiger partial charge is 0.342 e. The first-order valence-corrected chi connectivity index (χ1v) is 10.7. The van der Waals surface area contributed by atoms with Gasteiger partial charge in [0.05, 0.1) is 11.5 Å². The van der Waals surface area contributed by atoms with Crippen LogP contribution in [0.2, 0.25) is 0 Å². The molecule has 0 saturated carbocycles. The summed E-state index contributed by atoms with van der Waals surface area (Å²) in [6, 6.07) is 6.57. The SMILES string of the molecule is CC(=O)Nc1ccc(NC(=O)[C@H]2CC(=O)Nc3nc(N4CCC[C@H](C)C4)[nH]c(=O)c32)cc1. The summed E-state index contributed by atoms with van der Waals surface area (Å²) in [5, 5.41) is 8.04. The number of anilines is 4. The lowest BCUT2D eigenvalue weighted by Gasteiger charge is -2.32. The smallest absolute Gasteiger partial charge is 0.258 e. The summed E-state index contributed by atoms with van der Waals surface area (Å²) < 4.78 is 0. The molecule has 0 bridgehead atoms. The van der Waals surface area contributed by atoms with Crippen LogP contribution in [0.3, 0.4) is 0 Å². The number of amides is 3. The minimum Gasteiger partial charge on any atom is -0.342 e. The van der Waals surface area contributed by atoms with E-state index in [4.69, 9.17) is 0 Å². The summed E-state index contributed by atoms with van der Waals surface area (Å²) >= 11 is 0. The van der Waals surface area contributed by atoms with Crippen molar-refractivity contribution in [1.29, 1.82) is 0 Å². The van der Waals surface area contributed by atoms with Crippen molar-refractivity contribution in [3.05, 3.63) is 40.2 Å². The van der Waals surface area contributed by atoms with E-state index in [1.807, 2.05) is 4.90 Å². The van der Waals surface area contributed by atoms with E-state index in [-0.39, 0.29) is 29.6 Å². The first kappa shape index (κ1) is 21.5. The molecule has 2 aliphatic heterocycles. The normalized spacial score (nSPS) is 20.2. The highest BCUT2D eigenvalue weighted by molar-refractivity contribution is 6.04. The van der Waals surface area contributed by atoms with E-state index in [2.05, 4.69) is 32.8 Å². The van der Waals surface area contributed by atoms with Crippen LogP contribution in [0.25, 0.3) is 0 Å². The molecule has 1 saturated heterocycles. The lowest BCUT2D eigenvalue weighted by atomic mass is 9.92. The van der Waals surface area contributed by atoms with Gasteiger partial charge in [-0.15, -0.1) is 0 Å². The average Bonchev–Trinajstić information content (AvgIpc) is 2.73. The molecule has 3 heterocycles. The van der Waals surface area contributed by atoms with Gasteiger partial charge < -0.3 is 20.9 Å². The first-order chi connectivity index (χ1) is 15.3. The minimum atomic E-state index is -0.959. The molecule has 10 nitrogen and oxygen atoms in total. The molecule has 2 aromatic rings. The highest BCUT2D eigenvalue weighted by Crippen LogP contribution is 2.31. The Labute approximate surface area is 184 Å². The van der Waals surface area contributed by atoms with Crippen molar-refractivity contribution in [3.63, 3.8) is 0 Å². The third kappa shape index (κ3) is 4.63. The third-order valence-corrected chi connectivity index (χ3v) is 5.68. The number of nitrogens with zero attached hydrogens (tertiary/aromatic N) is 2. The lowest BCUT2D eigenvalue weighted by molar-refractivity contribution is -0.123. The molecule has 1 fully saturated rings. The van der Waals surface area contributed by atoms with Gasteiger partial charge in [0.2, 0.25) is 23.7 Å². The van der Waals surface area contributed by atoms with Crippen LogP contribution in [0.5, 0.6) is 0 Å². The molecule has 168 valence electrons. The summed E-state index contributed by atoms with van der Waals surface area (Å²) in [5.41, 5.74) is 0.813. The second-order valence-corrected chi connectivity index (χ2v) is 8.40. The number of nitrogens with one attached hydrogen (secondary N) is 4. The van der Waals surface area contributed by atoms with Crippen LogP contribution in [0.4, 0.5) is 23.1 Å². The van der Waals surface area contributed by atoms with Crippen molar-refractivity contribution in [2.75, 3.05) is 33.9 Å². The number of aromatic amines is 1. The van der Waals surface area contributed by atoms with Gasteiger partial charge in [-0.3, -0.25) is 24.2 Å². The van der Waals surface area contributed by atoms with Gasteiger partial charge in [0.25, 0.3) is 5.56 Å². The van der Waals surface area contributed by atoms with Gasteiger partial charge >= 0.3 is 0 Å². The topological polar surface area (TPSA) is 136 Å². The van der Waals surface area contributed by atoms with Gasteiger partial charge in [-0.2, -0.15) is 4.98 Å². The van der Waals surface area contributed by atoms with Crippen molar-refractivity contribution < 1.29 is 14.4 Å². The molecule has 0 unspecified atom stereocenters. The van der Waals surface area contributed by atoms with Gasteiger partial charge in [-0.05, 0) is 43.0 Å². The van der Waals surface area contributed by atoms with E-state index in [1.165, 1.54) is 6.92 Å². The Kier molecular flexibility index (Phi) is 5.93. The Morgan fingerprint density at radius 1 is 1.12 bits per heavy atom. The van der Waals surface area contributed by atoms with Crippen molar-refractivity contribution in [1.82, 2.24) is 9.97 Å². The van der Waals surface area contributed by atoms with Gasteiger partial charge in [0.15, 0.2) is 0 Å². The molecule has 1 aromatic carbocycles. The Balaban J connectivity index is 1.57. The quantitative estimate of drug-likeness (QED) is 0.577. The number of carbonyl (C=O) groups is 3. The number of piperidine rings is 1. The van der Waals surface area contributed by atoms with Crippen LogP contribution < -0.4 is 26.4 Å². The molecular formula is C22H26N6O4. The summed E-state index contributed by atoms with van der Waals surface area (Å²) in [6.07, 6.45) is 1.98. The van der Waals surface area contributed by atoms with Gasteiger partial charge in [0.1, 0.15) is 5.82 Å². The van der Waals surface area contributed by atoms with Crippen molar-refractivity contribution >= 4 is 40.9 Å². The predicted molar refractivity (Wildman–Crippen MR) is 121 cm³/mol. The Morgan fingerprint density at radius 2 is 1.81 bits per heavy atom. The molecule has 0 spiro atoms. The lowest BCUT2D eigenvalue weighted by Crippen LogP contribution is -2.40. The maximum Gasteiger partial charge on any atom is 0.258 e. The predicted octanol–water partition coefficient (Wildman–Crippen LogP) is 2.03. The van der Waals surface area contributed by atoms with E-state index in [0.717, 1.165) is 25.9 Å². The summed E-state index contributed by atoms with van der Waals surface area (Å²) in [5.74, 6) is -0.962. The van der Waals surface area contributed by atoms with Crippen molar-refractivity contribution in [2.24, 2.45) is 5.92 Å². The molecular weight excluding hydrogens is 412 g/mol. The molecule has 0 aliphatic carbocycles. The molecule has 3 amide bonds. The van der Waals surface area contributed by atoms with Crippen LogP contribution in [0, 0.1) is 5.92 Å². The zero-order valence-corrected chi connectivity index (χ0v) is 18.0. The van der Waals surface area contributed by atoms with E-state index in [9.17, 15) is 19.2 Å². The van der Waals surface area contributed by atoms with Crippen LogP contribution >= 0.6 is 0 Å². The molecule has 1 aromatic heterocycles. The van der Waals surface area contributed by atoms with E-state index >= 15 is 0 Å². The minimum absolute atomic E-state index is 0.138. The third-order valence-electron chi connectivity index (χ3n) is 5.68. The zero-order valence-electron chi connectivity index (χ0n) is 18.0. The molecule has 32 heavy (non-hydrogen) atoms. The second kappa shape index (κ2) is 8.81. The fourth-order valence-corrected chi connectivity index (χ4v) is 4.18. The van der Waals surface area contributed by atoms with Crippen LogP contribution in [0.15, 0.2) is 29.1 Å². The number of benzene rings is 1. The van der Waals surface area contributed by atoms with E-state index in [0.29, 0.717) is 23.2 Å². The van der Waals surface area contributed by atoms with Gasteiger partial charge in [-0.1, -0.05) is 6.92 Å². The molecule has 10 heteroatoms. The maximum absolute atomic E-state index is 13.0. The Morgan fingerprint density at radius 3 is 2.47 bits per heavy atom. The monoisotopic (exact) mass is 438 g/mol. The van der Waals surface area contributed by atoms with Crippen LogP contribution in [-0.2, 0) is 14.4 Å². The molecule has 4 rings (SSSR count). The van der Waals surface area contributed by atoms with Gasteiger partial charge in [0, 0.05) is 37.8 Å². The average molecular weight is 438 g/mol. The fraction of sp³-hybridized carbons (Fsp3) is 0.409. The molecule has 4 N–H and O–H groups in total. The molecule has 0 radical (unpaired) electrons. The number of H-pyrrole nitrogens is 1. The number of aromatic nitrogens is 2. The fourth-order valence-electron chi connectivity index (χ4n) is 4.18. The van der Waals surface area contributed by atoms with E-state index < -0.39 is 17.4 Å². The standard InChI is InChI=1S/C22H26N6O4/c1-12-4-3-9-28(11-12)22-26-19-18(21(32)27-22)16(10-17(30)25-19)20(31)24-15-7-5-14(6-8-15)23-13(2)29/h5-8,12,16H,3-4,9-11H2,1-2H3,(H,23,29)(H,24,31)(H2,25,26,27,30,32)/t12-,16-/m0/s1. The summed E-state index contributed by atoms with van der Waals surface area (Å²) in [7, 11) is 0. The van der Waals surface area contributed by atoms with Crippen LogP contribution in [-0.4, -0.2) is 40.8 Å². The number of hydrogen-bond donors (Lipinski definition) is 4. The van der Waals surface area contributed by atoms with Gasteiger partial charge in [-0.25, -0.2) is 0 Å². The van der Waals surface area contributed by atoms with Crippen molar-refractivity contribution in [2.45, 2.75) is 39.0 Å². The summed E-state index contributed by atoms with van der Waals surface area (Å²) in [4.78, 5) is 58.6. The summed E-state index contributed by atoms with van der Waals surface area (Å²) in [6.45, 7) is 5.10. The zero-order chi connectivity index (χ0) is 22.8. The number of rotatable bonds is 4. The first-order valence-electron chi connectivity index (χ1n) is 10.7. The Hall–Kier alpha value is -3.69. The highest BCUT2D eigenvalue weighted by atomic mass is 16.2. The number of carbonyl (C=O) groups excluding carboxylic acids is 3. The maximum atomic E-state index is 13.0. The molecule has 2 aliphatic rings. The van der Waals surface area contributed by atoms with Crippen molar-refractivity contribution in [3.8, 4) is 0 Å². The van der Waals surface area contributed by atoms with Crippen LogP contribution in [0.1, 0.15) is 44.6 Å². The second-order valence-electron chi connectivity index (χ2n) is 8.40. The number of hydrogen-bond acceptors (Lipinski definition) is 6. The molecule has 2 atom stereocenters. The Bertz CT molecular complexity index is 1110. The highest BCUT2D eigenvalue weighted by Gasteiger charge is 2.35.